The minimum absolute atomic E-state index is 0.149. The van der Waals surface area contributed by atoms with Crippen molar-refractivity contribution in [3.63, 3.8) is 0 Å². The van der Waals surface area contributed by atoms with E-state index in [0.717, 1.165) is 11.8 Å². The van der Waals surface area contributed by atoms with E-state index in [-0.39, 0.29) is 35.2 Å². The number of fused-ring (bicyclic) bond motifs is 1. The Kier molecular flexibility index (Phi) is 11.8. The first kappa shape index (κ1) is 39.7. The lowest BCUT2D eigenvalue weighted by molar-refractivity contribution is -0.135. The van der Waals surface area contributed by atoms with Crippen molar-refractivity contribution in [3.05, 3.63) is 109 Å². The van der Waals surface area contributed by atoms with Crippen molar-refractivity contribution in [3.8, 4) is 5.75 Å². The van der Waals surface area contributed by atoms with Gasteiger partial charge in [-0.1, -0.05) is 6.07 Å². The van der Waals surface area contributed by atoms with Gasteiger partial charge in [0.15, 0.2) is 5.75 Å². The number of nitrogens with zero attached hydrogens (tertiary/aromatic N) is 6. The number of nitrogens with two attached hydrogens (primary N) is 2. The molecule has 58 heavy (non-hydrogen) atoms. The van der Waals surface area contributed by atoms with Crippen molar-refractivity contribution in [2.24, 2.45) is 30.7 Å². The minimum atomic E-state index is -4.85. The lowest BCUT2D eigenvalue weighted by atomic mass is 10.1. The maximum atomic E-state index is 12.3. The standard InChI is InChI=1S/C38H33N11O8S/c39-30-17-26(41-19-35(50)51)11-13-32(30)47-44-24-7-3-22(4-8-24)43-23-5-9-25(10-6-23)45-49-37-34(58(55,56)57)15-21-1-2-28(16-29(21)38(37)54)46-48-33-14-12-27(18-31(33)40)42-20-36(52)53/h1-18,41-43,54H,19-20,39-40H2,(H,50,51)(H,52,53)(H,55,56,57). The van der Waals surface area contributed by atoms with E-state index >= 15 is 0 Å². The molecule has 0 bridgehead atoms. The first-order chi connectivity index (χ1) is 27.7. The van der Waals surface area contributed by atoms with Crippen molar-refractivity contribution < 1.29 is 37.9 Å². The van der Waals surface area contributed by atoms with Crippen LogP contribution in [0.25, 0.3) is 10.8 Å². The molecule has 294 valence electrons. The Morgan fingerprint density at radius 2 is 1.02 bits per heavy atom. The van der Waals surface area contributed by atoms with Gasteiger partial charge in [0, 0.05) is 28.1 Å². The highest BCUT2D eigenvalue weighted by atomic mass is 32.2. The quantitative estimate of drug-likeness (QED) is 0.0266. The number of benzene rings is 6. The number of azo groups is 3. The molecule has 19 nitrogen and oxygen atoms in total. The Bertz CT molecular complexity index is 2730. The van der Waals surface area contributed by atoms with Crippen molar-refractivity contribution in [2.75, 3.05) is 40.5 Å². The van der Waals surface area contributed by atoms with Crippen molar-refractivity contribution >= 4 is 101 Å². The summed E-state index contributed by atoms with van der Waals surface area (Å²) in [5.41, 5.74) is 16.4. The van der Waals surface area contributed by atoms with Gasteiger partial charge in [0.2, 0.25) is 0 Å². The number of carboxylic acid groups (broad SMARTS) is 2. The van der Waals surface area contributed by atoms with E-state index in [4.69, 9.17) is 21.7 Å². The molecule has 6 aromatic carbocycles. The van der Waals surface area contributed by atoms with Crippen LogP contribution in [-0.2, 0) is 19.7 Å². The van der Waals surface area contributed by atoms with E-state index in [2.05, 4.69) is 46.6 Å². The molecule has 0 saturated carbocycles. The molecule has 0 saturated heterocycles. The number of aromatic hydroxyl groups is 1. The third-order valence-electron chi connectivity index (χ3n) is 8.09. The Morgan fingerprint density at radius 1 is 0.569 bits per heavy atom. The molecule has 11 N–H and O–H groups in total. The lowest BCUT2D eigenvalue weighted by Crippen LogP contribution is -2.12. The average Bonchev–Trinajstić information content (AvgIpc) is 3.19. The number of carboxylic acids is 2. The van der Waals surface area contributed by atoms with Gasteiger partial charge in [-0.15, -0.1) is 15.3 Å². The number of aliphatic carboxylic acids is 2. The molecule has 0 unspecified atom stereocenters. The molecule has 0 amide bonds. The van der Waals surface area contributed by atoms with E-state index in [1.54, 1.807) is 78.9 Å². The molecule has 0 spiro atoms. The van der Waals surface area contributed by atoms with E-state index in [0.29, 0.717) is 45.5 Å². The second kappa shape index (κ2) is 17.2. The molecule has 6 aromatic rings. The second-order valence-corrected chi connectivity index (χ2v) is 13.7. The molecule has 0 radical (unpaired) electrons. The highest BCUT2D eigenvalue weighted by Gasteiger charge is 2.22. The van der Waals surface area contributed by atoms with Crippen LogP contribution in [0.2, 0.25) is 0 Å². The van der Waals surface area contributed by atoms with Gasteiger partial charge in [-0.2, -0.15) is 23.8 Å². The zero-order valence-electron chi connectivity index (χ0n) is 30.0. The summed E-state index contributed by atoms with van der Waals surface area (Å²) in [6.45, 7) is -0.544. The van der Waals surface area contributed by atoms with Crippen LogP contribution in [0, 0.1) is 0 Å². The molecule has 0 atom stereocenters. The van der Waals surface area contributed by atoms with Crippen LogP contribution >= 0.6 is 0 Å². The molecule has 20 heteroatoms. The molecular weight excluding hydrogens is 771 g/mol. The van der Waals surface area contributed by atoms with Crippen molar-refractivity contribution in [1.82, 2.24) is 0 Å². The molecule has 6 rings (SSSR count). The van der Waals surface area contributed by atoms with Gasteiger partial charge in [0.25, 0.3) is 10.1 Å². The molecule has 0 heterocycles. The van der Waals surface area contributed by atoms with Crippen LogP contribution in [-0.4, -0.2) is 53.3 Å². The summed E-state index contributed by atoms with van der Waals surface area (Å²) in [5.74, 6) is -2.61. The van der Waals surface area contributed by atoms with Crippen LogP contribution in [0.15, 0.2) is 145 Å². The van der Waals surface area contributed by atoms with Crippen molar-refractivity contribution in [2.45, 2.75) is 4.90 Å². The number of nitrogen functional groups attached to an aromatic ring is 2. The number of rotatable bonds is 15. The first-order valence-electron chi connectivity index (χ1n) is 16.9. The monoisotopic (exact) mass is 803 g/mol. The Labute approximate surface area is 329 Å². The summed E-state index contributed by atoms with van der Waals surface area (Å²) in [6.07, 6.45) is 0. The maximum Gasteiger partial charge on any atom is 0.322 e. The van der Waals surface area contributed by atoms with Crippen LogP contribution in [0.5, 0.6) is 5.75 Å². The highest BCUT2D eigenvalue weighted by molar-refractivity contribution is 7.86. The second-order valence-electron chi connectivity index (χ2n) is 12.3. The fourth-order valence-electron chi connectivity index (χ4n) is 5.27. The minimum Gasteiger partial charge on any atom is -0.505 e. The molecular formula is C38H33N11O8S. The Morgan fingerprint density at radius 3 is 1.48 bits per heavy atom. The third kappa shape index (κ3) is 10.2. The zero-order valence-corrected chi connectivity index (χ0v) is 30.8. The summed E-state index contributed by atoms with van der Waals surface area (Å²) >= 11 is 0. The Hall–Kier alpha value is -7.97. The predicted molar refractivity (Wildman–Crippen MR) is 218 cm³/mol. The SMILES string of the molecule is Nc1cc(NCC(=O)O)ccc1N=Nc1ccc(Nc2ccc(N=Nc3c(S(=O)(=O)O)cc4ccc(N=Nc5ccc(NCC(=O)O)cc5N)cc4c3O)cc2)cc1. The first-order valence-corrected chi connectivity index (χ1v) is 18.4. The van der Waals surface area contributed by atoms with Gasteiger partial charge in [0.05, 0.1) is 28.4 Å². The van der Waals surface area contributed by atoms with E-state index in [1.807, 2.05) is 0 Å². The lowest BCUT2D eigenvalue weighted by Gasteiger charge is -2.09. The number of phenols is 1. The van der Waals surface area contributed by atoms with E-state index in [9.17, 15) is 27.7 Å². The number of carbonyl (C=O) groups is 2. The average molecular weight is 804 g/mol. The van der Waals surface area contributed by atoms with Crippen molar-refractivity contribution in [1.29, 1.82) is 0 Å². The van der Waals surface area contributed by atoms with Crippen LogP contribution in [0.4, 0.5) is 68.2 Å². The molecule has 0 fully saturated rings. The summed E-state index contributed by atoms with van der Waals surface area (Å²) in [7, 11) is -4.85. The summed E-state index contributed by atoms with van der Waals surface area (Å²) in [4.78, 5) is 20.9. The number of phenolic OH excluding ortho intramolecular Hbond substituents is 1. The number of hydrogen-bond donors (Lipinski definition) is 9. The van der Waals surface area contributed by atoms with Crippen LogP contribution in [0.1, 0.15) is 0 Å². The van der Waals surface area contributed by atoms with E-state index in [1.165, 1.54) is 24.3 Å². The van der Waals surface area contributed by atoms with Crippen LogP contribution in [0.3, 0.4) is 0 Å². The normalized spacial score (nSPS) is 11.7. The largest absolute Gasteiger partial charge is 0.505 e. The maximum absolute atomic E-state index is 12.3. The number of hydrogen-bond acceptors (Lipinski definition) is 16. The fourth-order valence-corrected chi connectivity index (χ4v) is 5.93. The van der Waals surface area contributed by atoms with Gasteiger partial charge in [0.1, 0.15) is 35.0 Å². The summed E-state index contributed by atoms with van der Waals surface area (Å²) in [6, 6.07) is 28.7. The van der Waals surface area contributed by atoms with Gasteiger partial charge >= 0.3 is 11.9 Å². The molecule has 0 aliphatic carbocycles. The molecule has 0 aliphatic heterocycles. The Balaban J connectivity index is 1.14. The number of nitrogens with one attached hydrogen (secondary N) is 3. The van der Waals surface area contributed by atoms with Crippen LogP contribution < -0.4 is 27.4 Å². The van der Waals surface area contributed by atoms with Gasteiger partial charge in [-0.3, -0.25) is 14.1 Å². The van der Waals surface area contributed by atoms with Gasteiger partial charge < -0.3 is 42.7 Å². The predicted octanol–water partition coefficient (Wildman–Crippen LogP) is 8.94. The van der Waals surface area contributed by atoms with E-state index < -0.39 is 38.4 Å². The molecule has 0 aromatic heterocycles. The molecule has 0 aliphatic rings. The van der Waals surface area contributed by atoms with Gasteiger partial charge in [-0.25, -0.2) is 0 Å². The number of anilines is 6. The highest BCUT2D eigenvalue weighted by Crippen LogP contribution is 2.43. The third-order valence-corrected chi connectivity index (χ3v) is 8.96. The summed E-state index contributed by atoms with van der Waals surface area (Å²) in [5, 5.41) is 62.7. The topological polar surface area (TPSA) is 311 Å². The summed E-state index contributed by atoms with van der Waals surface area (Å²) < 4.78 is 34.7. The van der Waals surface area contributed by atoms with Gasteiger partial charge in [-0.05, 0) is 109 Å². The zero-order chi connectivity index (χ0) is 41.4. The fraction of sp³-hybridized carbons (Fsp3) is 0.0526. The smallest absolute Gasteiger partial charge is 0.322 e.